The van der Waals surface area contributed by atoms with Crippen molar-refractivity contribution >= 4 is 41.0 Å². The minimum absolute atomic E-state index is 0.200. The molecule has 0 aromatic heterocycles. The molecule has 0 bridgehead atoms. The second kappa shape index (κ2) is 6.81. The molecule has 3 amide bonds. The highest BCUT2D eigenvalue weighted by Crippen LogP contribution is 2.49. The average Bonchev–Trinajstić information content (AvgIpc) is 3.04. The zero-order valence-electron chi connectivity index (χ0n) is 15.2. The summed E-state index contributed by atoms with van der Waals surface area (Å²) in [5.74, 6) is -3.95. The molecule has 0 radical (unpaired) electrons. The van der Waals surface area contributed by atoms with Crippen molar-refractivity contribution in [3.8, 4) is 0 Å². The minimum atomic E-state index is -1.87. The van der Waals surface area contributed by atoms with Gasteiger partial charge in [-0.25, -0.2) is 4.39 Å². The lowest BCUT2D eigenvalue weighted by molar-refractivity contribution is -0.142. The molecule has 1 aliphatic carbocycles. The molecule has 29 heavy (non-hydrogen) atoms. The minimum Gasteiger partial charge on any atom is -0.480 e. The SMILES string of the molecule is O=C(O)CN1C(=O)C2(CC(=O)N(CC3=CCCC=C3F)C2=O)c2cc(Cl)ccc21. The summed E-state index contributed by atoms with van der Waals surface area (Å²) < 4.78 is 14.1. The van der Waals surface area contributed by atoms with Crippen LogP contribution in [0.2, 0.25) is 5.02 Å². The molecule has 7 nitrogen and oxygen atoms in total. The number of hydrogen-bond donors (Lipinski definition) is 1. The molecule has 3 aliphatic rings. The first-order chi connectivity index (χ1) is 13.8. The van der Waals surface area contributed by atoms with E-state index < -0.39 is 47.9 Å². The van der Waals surface area contributed by atoms with E-state index >= 15 is 0 Å². The highest BCUT2D eigenvalue weighted by atomic mass is 35.5. The van der Waals surface area contributed by atoms with Crippen molar-refractivity contribution < 1.29 is 28.7 Å². The number of rotatable bonds is 4. The number of allylic oxidation sites excluding steroid dienone is 2. The Morgan fingerprint density at radius 3 is 2.52 bits per heavy atom. The second-order valence-corrected chi connectivity index (χ2v) is 7.61. The number of nitrogens with zero attached hydrogens (tertiary/aromatic N) is 2. The predicted octanol–water partition coefficient (Wildman–Crippen LogP) is 2.34. The van der Waals surface area contributed by atoms with Crippen LogP contribution in [0.25, 0.3) is 0 Å². The number of carbonyl (C=O) groups excluding carboxylic acids is 3. The normalized spacial score (nSPS) is 23.6. The van der Waals surface area contributed by atoms with Gasteiger partial charge in [-0.3, -0.25) is 29.0 Å². The number of carboxylic acids is 1. The molecule has 2 aliphatic heterocycles. The number of benzene rings is 1. The van der Waals surface area contributed by atoms with Crippen molar-refractivity contribution in [2.24, 2.45) is 0 Å². The van der Waals surface area contributed by atoms with E-state index in [0.29, 0.717) is 12.8 Å². The van der Waals surface area contributed by atoms with Crippen LogP contribution in [0.1, 0.15) is 24.8 Å². The summed E-state index contributed by atoms with van der Waals surface area (Å²) in [5, 5.41) is 9.43. The number of fused-ring (bicyclic) bond motifs is 2. The standard InChI is InChI=1S/C20H16ClFN2O5/c21-12-5-6-15-13(7-12)20(18(28)23(15)10-17(26)27)8-16(25)24(19(20)29)9-11-3-1-2-4-14(11)22/h3-7H,1-2,8-10H2,(H,26,27). The fourth-order valence-corrected chi connectivity index (χ4v) is 4.29. The van der Waals surface area contributed by atoms with Gasteiger partial charge in [-0.1, -0.05) is 17.7 Å². The van der Waals surface area contributed by atoms with Gasteiger partial charge in [-0.2, -0.15) is 0 Å². The van der Waals surface area contributed by atoms with Crippen LogP contribution in [0.15, 0.2) is 41.8 Å². The molecular weight excluding hydrogens is 403 g/mol. The number of anilines is 1. The number of carboxylic acid groups (broad SMARTS) is 1. The van der Waals surface area contributed by atoms with Crippen molar-refractivity contribution in [3.05, 3.63) is 52.3 Å². The second-order valence-electron chi connectivity index (χ2n) is 7.17. The van der Waals surface area contributed by atoms with Crippen LogP contribution < -0.4 is 4.90 Å². The number of carbonyl (C=O) groups is 4. The van der Waals surface area contributed by atoms with Gasteiger partial charge in [0.25, 0.3) is 0 Å². The lowest BCUT2D eigenvalue weighted by Gasteiger charge is -2.22. The maximum Gasteiger partial charge on any atom is 0.323 e. The molecule has 1 unspecified atom stereocenters. The molecule has 1 aromatic rings. The van der Waals surface area contributed by atoms with Crippen molar-refractivity contribution in [2.75, 3.05) is 18.0 Å². The number of aliphatic carboxylic acids is 1. The number of amides is 3. The molecule has 4 rings (SSSR count). The first kappa shape index (κ1) is 19.3. The van der Waals surface area contributed by atoms with Crippen molar-refractivity contribution in [1.29, 1.82) is 0 Å². The molecule has 2 heterocycles. The first-order valence-electron chi connectivity index (χ1n) is 8.99. The first-order valence-corrected chi connectivity index (χ1v) is 9.37. The zero-order valence-corrected chi connectivity index (χ0v) is 15.9. The highest BCUT2D eigenvalue weighted by Gasteiger charge is 2.64. The topological polar surface area (TPSA) is 95.0 Å². The zero-order chi connectivity index (χ0) is 20.9. The summed E-state index contributed by atoms with van der Waals surface area (Å²) in [5.41, 5.74) is -1.23. The van der Waals surface area contributed by atoms with E-state index in [-0.39, 0.29) is 28.4 Å². The molecule has 0 saturated carbocycles. The van der Waals surface area contributed by atoms with Crippen LogP contribution >= 0.6 is 11.6 Å². The molecule has 1 N–H and O–H groups in total. The van der Waals surface area contributed by atoms with Gasteiger partial charge in [0.2, 0.25) is 17.7 Å². The lowest BCUT2D eigenvalue weighted by Crippen LogP contribution is -2.47. The Kier molecular flexibility index (Phi) is 4.53. The summed E-state index contributed by atoms with van der Waals surface area (Å²) in [6, 6.07) is 4.35. The Bertz CT molecular complexity index is 1030. The molecular formula is C20H16ClFN2O5. The monoisotopic (exact) mass is 418 g/mol. The highest BCUT2D eigenvalue weighted by molar-refractivity contribution is 6.33. The predicted molar refractivity (Wildman–Crippen MR) is 101 cm³/mol. The van der Waals surface area contributed by atoms with Crippen LogP contribution in [0, 0.1) is 0 Å². The van der Waals surface area contributed by atoms with Gasteiger partial charge in [0, 0.05) is 21.8 Å². The van der Waals surface area contributed by atoms with Gasteiger partial charge in [-0.15, -0.1) is 0 Å². The number of likely N-dealkylation sites (tertiary alicyclic amines) is 1. The van der Waals surface area contributed by atoms with Crippen LogP contribution in [0.3, 0.4) is 0 Å². The van der Waals surface area contributed by atoms with E-state index in [4.69, 9.17) is 11.6 Å². The van der Waals surface area contributed by atoms with Crippen LogP contribution in [-0.4, -0.2) is 46.8 Å². The maximum atomic E-state index is 14.1. The largest absolute Gasteiger partial charge is 0.480 e. The third kappa shape index (κ3) is 2.86. The van der Waals surface area contributed by atoms with Crippen LogP contribution in [0.4, 0.5) is 10.1 Å². The molecule has 9 heteroatoms. The van der Waals surface area contributed by atoms with E-state index in [1.807, 2.05) is 0 Å². The number of hydrogen-bond acceptors (Lipinski definition) is 4. The Balaban J connectivity index is 1.77. The van der Waals surface area contributed by atoms with Crippen molar-refractivity contribution in [2.45, 2.75) is 24.7 Å². The molecule has 1 atom stereocenters. The van der Waals surface area contributed by atoms with E-state index in [0.717, 1.165) is 9.80 Å². The summed E-state index contributed by atoms with van der Waals surface area (Å²) in [7, 11) is 0. The average molecular weight is 419 g/mol. The lowest BCUT2D eigenvalue weighted by atomic mass is 9.80. The third-order valence-electron chi connectivity index (χ3n) is 5.46. The smallest absolute Gasteiger partial charge is 0.323 e. The third-order valence-corrected chi connectivity index (χ3v) is 5.69. The van der Waals surface area contributed by atoms with Gasteiger partial charge < -0.3 is 5.11 Å². The van der Waals surface area contributed by atoms with Gasteiger partial charge in [0.05, 0.1) is 13.0 Å². The molecule has 1 fully saturated rings. The Hall–Kier alpha value is -3.00. The summed E-state index contributed by atoms with van der Waals surface area (Å²) in [4.78, 5) is 52.4. The number of imide groups is 1. The molecule has 150 valence electrons. The Morgan fingerprint density at radius 2 is 1.83 bits per heavy atom. The number of halogens is 2. The van der Waals surface area contributed by atoms with Crippen molar-refractivity contribution in [1.82, 2.24) is 4.90 Å². The van der Waals surface area contributed by atoms with Gasteiger partial charge in [0.15, 0.2) is 5.41 Å². The fourth-order valence-electron chi connectivity index (χ4n) is 4.12. The van der Waals surface area contributed by atoms with E-state index in [9.17, 15) is 28.7 Å². The fraction of sp³-hybridized carbons (Fsp3) is 0.300. The quantitative estimate of drug-likeness (QED) is 0.598. The van der Waals surface area contributed by atoms with Gasteiger partial charge in [0.1, 0.15) is 12.4 Å². The molecule has 1 saturated heterocycles. The van der Waals surface area contributed by atoms with Crippen molar-refractivity contribution in [3.63, 3.8) is 0 Å². The van der Waals surface area contributed by atoms with E-state index in [2.05, 4.69) is 0 Å². The molecule has 1 spiro atoms. The van der Waals surface area contributed by atoms with Gasteiger partial charge >= 0.3 is 5.97 Å². The Labute approximate surface area is 170 Å². The maximum absolute atomic E-state index is 14.1. The molecule has 1 aromatic carbocycles. The van der Waals surface area contributed by atoms with E-state index in [1.54, 1.807) is 6.08 Å². The van der Waals surface area contributed by atoms with Crippen LogP contribution in [0.5, 0.6) is 0 Å². The Morgan fingerprint density at radius 1 is 1.14 bits per heavy atom. The summed E-state index contributed by atoms with van der Waals surface area (Å²) >= 11 is 6.06. The van der Waals surface area contributed by atoms with Crippen LogP contribution in [-0.2, 0) is 24.6 Å². The van der Waals surface area contributed by atoms with E-state index in [1.165, 1.54) is 24.3 Å². The summed E-state index contributed by atoms with van der Waals surface area (Å²) in [6.45, 7) is -0.928. The summed E-state index contributed by atoms with van der Waals surface area (Å²) in [6.07, 6.45) is 3.69. The van der Waals surface area contributed by atoms with Gasteiger partial charge in [-0.05, 0) is 37.1 Å².